The van der Waals surface area contributed by atoms with Crippen LogP contribution in [0.3, 0.4) is 0 Å². The van der Waals surface area contributed by atoms with Crippen LogP contribution >= 0.6 is 11.6 Å². The summed E-state index contributed by atoms with van der Waals surface area (Å²) in [6.07, 6.45) is 13.6. The minimum absolute atomic E-state index is 0.0562. The van der Waals surface area contributed by atoms with Crippen molar-refractivity contribution < 1.29 is 4.79 Å². The molecule has 1 amide bonds. The molecule has 36 heavy (non-hydrogen) atoms. The fourth-order valence-electron chi connectivity index (χ4n) is 5.74. The second-order valence-electron chi connectivity index (χ2n) is 10.3. The van der Waals surface area contributed by atoms with Crippen molar-refractivity contribution in [2.24, 2.45) is 0 Å². The summed E-state index contributed by atoms with van der Waals surface area (Å²) in [4.78, 5) is 20.5. The SMILES string of the molecule is O=C(NC1=CNCCC1)C1=CC=CC(N2CCCN(C3CCN(Cc4ccccc4Cl)CC3)CC2)N1. The number of amides is 1. The van der Waals surface area contributed by atoms with Crippen LogP contribution in [0.4, 0.5) is 0 Å². The zero-order valence-electron chi connectivity index (χ0n) is 21.1. The first-order chi connectivity index (χ1) is 17.7. The maximum absolute atomic E-state index is 12.8. The number of nitrogens with zero attached hydrogens (tertiary/aromatic N) is 3. The van der Waals surface area contributed by atoms with E-state index in [0.717, 1.165) is 82.3 Å². The van der Waals surface area contributed by atoms with E-state index in [-0.39, 0.29) is 12.1 Å². The first kappa shape index (κ1) is 25.3. The molecular formula is C28H39ClN6O. The predicted octanol–water partition coefficient (Wildman–Crippen LogP) is 3.02. The summed E-state index contributed by atoms with van der Waals surface area (Å²) in [6.45, 7) is 8.42. The summed E-state index contributed by atoms with van der Waals surface area (Å²) in [5.74, 6) is -0.0562. The quantitative estimate of drug-likeness (QED) is 0.547. The van der Waals surface area contributed by atoms with Crippen molar-refractivity contribution in [3.8, 4) is 0 Å². The molecule has 2 fully saturated rings. The van der Waals surface area contributed by atoms with E-state index in [1.165, 1.54) is 18.4 Å². The number of piperidine rings is 1. The number of dihydropyridines is 1. The molecule has 4 heterocycles. The highest BCUT2D eigenvalue weighted by atomic mass is 35.5. The third-order valence-electron chi connectivity index (χ3n) is 7.81. The summed E-state index contributed by atoms with van der Waals surface area (Å²) >= 11 is 6.38. The van der Waals surface area contributed by atoms with Gasteiger partial charge in [0, 0.05) is 55.7 Å². The predicted molar refractivity (Wildman–Crippen MR) is 145 cm³/mol. The smallest absolute Gasteiger partial charge is 0.271 e. The third-order valence-corrected chi connectivity index (χ3v) is 8.17. The molecule has 4 aliphatic heterocycles. The summed E-state index contributed by atoms with van der Waals surface area (Å²) in [5.41, 5.74) is 2.83. The lowest BCUT2D eigenvalue weighted by molar-refractivity contribution is -0.117. The number of allylic oxidation sites excluding steroid dienone is 3. The molecule has 5 rings (SSSR count). The van der Waals surface area contributed by atoms with Gasteiger partial charge in [-0.25, -0.2) is 0 Å². The maximum atomic E-state index is 12.8. The molecule has 0 saturated carbocycles. The van der Waals surface area contributed by atoms with Crippen molar-refractivity contribution in [1.82, 2.24) is 30.7 Å². The maximum Gasteiger partial charge on any atom is 0.271 e. The Kier molecular flexibility index (Phi) is 8.64. The van der Waals surface area contributed by atoms with Crippen molar-refractivity contribution in [2.75, 3.05) is 45.8 Å². The van der Waals surface area contributed by atoms with Crippen LogP contribution in [0.1, 0.15) is 37.7 Å². The van der Waals surface area contributed by atoms with Gasteiger partial charge in [0.1, 0.15) is 5.70 Å². The van der Waals surface area contributed by atoms with E-state index < -0.39 is 0 Å². The monoisotopic (exact) mass is 510 g/mol. The number of likely N-dealkylation sites (tertiary alicyclic amines) is 1. The lowest BCUT2D eigenvalue weighted by Gasteiger charge is -2.38. The van der Waals surface area contributed by atoms with Crippen LogP contribution in [0.5, 0.6) is 0 Å². The number of halogens is 1. The zero-order valence-corrected chi connectivity index (χ0v) is 21.8. The van der Waals surface area contributed by atoms with Crippen LogP contribution in [0.25, 0.3) is 0 Å². The lowest BCUT2D eigenvalue weighted by Crippen LogP contribution is -2.50. The molecule has 1 atom stereocenters. The van der Waals surface area contributed by atoms with Gasteiger partial charge in [0.2, 0.25) is 0 Å². The number of rotatable bonds is 6. The minimum atomic E-state index is -0.0562. The Bertz CT molecular complexity index is 1000. The Morgan fingerprint density at radius 1 is 1.03 bits per heavy atom. The highest BCUT2D eigenvalue weighted by molar-refractivity contribution is 6.31. The Hall–Kier alpha value is -2.32. The van der Waals surface area contributed by atoms with Gasteiger partial charge in [0.25, 0.3) is 5.91 Å². The van der Waals surface area contributed by atoms with Gasteiger partial charge in [0.15, 0.2) is 0 Å². The third kappa shape index (κ3) is 6.51. The molecule has 0 aromatic heterocycles. The number of carbonyl (C=O) groups excluding carboxylic acids is 1. The molecule has 8 heteroatoms. The Balaban J connectivity index is 1.08. The van der Waals surface area contributed by atoms with Gasteiger partial charge in [0.05, 0.1) is 6.17 Å². The first-order valence-electron chi connectivity index (χ1n) is 13.5. The van der Waals surface area contributed by atoms with E-state index in [4.69, 9.17) is 11.6 Å². The van der Waals surface area contributed by atoms with Crippen molar-refractivity contribution in [2.45, 2.75) is 50.9 Å². The molecule has 0 spiro atoms. The van der Waals surface area contributed by atoms with Crippen LogP contribution in [0, 0.1) is 0 Å². The molecule has 0 radical (unpaired) electrons. The fourth-order valence-corrected chi connectivity index (χ4v) is 5.93. The molecule has 1 aromatic carbocycles. The first-order valence-corrected chi connectivity index (χ1v) is 13.9. The van der Waals surface area contributed by atoms with E-state index in [9.17, 15) is 4.79 Å². The highest BCUT2D eigenvalue weighted by Crippen LogP contribution is 2.23. The summed E-state index contributed by atoms with van der Waals surface area (Å²) in [6, 6.07) is 8.85. The van der Waals surface area contributed by atoms with Crippen molar-refractivity contribution in [3.63, 3.8) is 0 Å². The molecule has 4 aliphatic rings. The van der Waals surface area contributed by atoms with Gasteiger partial charge in [-0.1, -0.05) is 35.9 Å². The Labute approximate surface area is 220 Å². The van der Waals surface area contributed by atoms with E-state index in [0.29, 0.717) is 11.7 Å². The van der Waals surface area contributed by atoms with Crippen LogP contribution in [-0.4, -0.2) is 78.6 Å². The number of carbonyl (C=O) groups is 1. The second-order valence-corrected chi connectivity index (χ2v) is 10.7. The molecule has 3 N–H and O–H groups in total. The van der Waals surface area contributed by atoms with Gasteiger partial charge in [-0.05, 0) is 75.5 Å². The van der Waals surface area contributed by atoms with E-state index >= 15 is 0 Å². The lowest BCUT2D eigenvalue weighted by atomic mass is 10.0. The molecule has 7 nitrogen and oxygen atoms in total. The van der Waals surface area contributed by atoms with Crippen LogP contribution < -0.4 is 16.0 Å². The van der Waals surface area contributed by atoms with E-state index in [1.54, 1.807) is 0 Å². The molecule has 2 saturated heterocycles. The minimum Gasteiger partial charge on any atom is -0.389 e. The average molecular weight is 511 g/mol. The van der Waals surface area contributed by atoms with Gasteiger partial charge in [-0.3, -0.25) is 19.5 Å². The second kappa shape index (κ2) is 12.3. The Morgan fingerprint density at radius 3 is 2.64 bits per heavy atom. The summed E-state index contributed by atoms with van der Waals surface area (Å²) in [5, 5.41) is 10.6. The van der Waals surface area contributed by atoms with Gasteiger partial charge >= 0.3 is 0 Å². The van der Waals surface area contributed by atoms with E-state index in [1.807, 2.05) is 30.5 Å². The van der Waals surface area contributed by atoms with Gasteiger partial charge in [-0.2, -0.15) is 0 Å². The molecule has 194 valence electrons. The van der Waals surface area contributed by atoms with Crippen LogP contribution in [0.2, 0.25) is 5.02 Å². The van der Waals surface area contributed by atoms with Gasteiger partial charge < -0.3 is 16.0 Å². The largest absolute Gasteiger partial charge is 0.389 e. The average Bonchev–Trinajstić information content (AvgIpc) is 3.18. The zero-order chi connectivity index (χ0) is 24.7. The molecule has 1 unspecified atom stereocenters. The normalized spacial score (nSPS) is 24.8. The standard InChI is InChI=1S/C28H39ClN6O/c29-25-8-2-1-6-22(25)21-33-16-11-24(12-17-33)34-14-5-15-35(19-18-34)27-10-3-9-26(32-27)28(36)31-23-7-4-13-30-20-23/h1-3,6,8-10,20,24,27,30,32H,4-5,7,11-19,21H2,(H,31,36). The van der Waals surface area contributed by atoms with E-state index in [2.05, 4.69) is 48.9 Å². The molecular weight excluding hydrogens is 472 g/mol. The van der Waals surface area contributed by atoms with Gasteiger partial charge in [-0.15, -0.1) is 0 Å². The fraction of sp³-hybridized carbons (Fsp3) is 0.536. The summed E-state index contributed by atoms with van der Waals surface area (Å²) in [7, 11) is 0. The number of nitrogens with one attached hydrogen (secondary N) is 3. The molecule has 1 aromatic rings. The number of hydrogen-bond donors (Lipinski definition) is 3. The molecule has 0 aliphatic carbocycles. The number of benzene rings is 1. The summed E-state index contributed by atoms with van der Waals surface area (Å²) < 4.78 is 0. The highest BCUT2D eigenvalue weighted by Gasteiger charge is 2.29. The molecule has 0 bridgehead atoms. The number of hydrogen-bond acceptors (Lipinski definition) is 6. The van der Waals surface area contributed by atoms with Crippen LogP contribution in [-0.2, 0) is 11.3 Å². The van der Waals surface area contributed by atoms with Crippen LogP contribution in [0.15, 0.2) is 60.1 Å². The van der Waals surface area contributed by atoms with Crippen molar-refractivity contribution >= 4 is 17.5 Å². The topological polar surface area (TPSA) is 62.9 Å². The Morgan fingerprint density at radius 2 is 1.83 bits per heavy atom. The van der Waals surface area contributed by atoms with Crippen molar-refractivity contribution in [1.29, 1.82) is 0 Å². The van der Waals surface area contributed by atoms with Crippen molar-refractivity contribution in [3.05, 3.63) is 70.7 Å².